The maximum absolute atomic E-state index is 12.2. The number of rotatable bonds is 4. The lowest BCUT2D eigenvalue weighted by atomic mass is 9.96. The number of urea groups is 1. The molecule has 1 aromatic rings. The second kappa shape index (κ2) is 7.09. The number of nitrogens with one attached hydrogen (secondary N) is 2. The van der Waals surface area contributed by atoms with Crippen LogP contribution in [0.15, 0.2) is 6.33 Å². The highest BCUT2D eigenvalue weighted by atomic mass is 16.5. The van der Waals surface area contributed by atoms with E-state index in [0.717, 1.165) is 32.3 Å². The zero-order valence-corrected chi connectivity index (χ0v) is 14.1. The van der Waals surface area contributed by atoms with E-state index < -0.39 is 0 Å². The molecule has 7 nitrogen and oxygen atoms in total. The van der Waals surface area contributed by atoms with Crippen LogP contribution in [-0.4, -0.2) is 39.5 Å². The molecule has 4 rings (SSSR count). The molecule has 24 heavy (non-hydrogen) atoms. The molecular formula is C17H27N5O2. The zero-order valence-electron chi connectivity index (χ0n) is 14.1. The summed E-state index contributed by atoms with van der Waals surface area (Å²) in [5.74, 6) is 1.11. The van der Waals surface area contributed by atoms with Crippen molar-refractivity contribution in [3.63, 3.8) is 0 Å². The number of carbonyl (C=O) groups excluding carboxylic acids is 1. The van der Waals surface area contributed by atoms with Gasteiger partial charge >= 0.3 is 6.03 Å². The van der Waals surface area contributed by atoms with Gasteiger partial charge < -0.3 is 10.1 Å². The molecule has 0 radical (unpaired) electrons. The third kappa shape index (κ3) is 3.88. The largest absolute Gasteiger partial charge is 0.378 e. The average Bonchev–Trinajstić information content (AvgIpc) is 3.36. The number of hydrogen-bond donors (Lipinski definition) is 2. The van der Waals surface area contributed by atoms with E-state index in [2.05, 4.69) is 20.7 Å². The van der Waals surface area contributed by atoms with Gasteiger partial charge in [0.1, 0.15) is 6.33 Å². The molecule has 7 heteroatoms. The predicted octanol–water partition coefficient (Wildman–Crippen LogP) is 2.86. The molecule has 2 amide bonds. The van der Waals surface area contributed by atoms with Crippen LogP contribution in [0.3, 0.4) is 0 Å². The van der Waals surface area contributed by atoms with E-state index in [1.807, 2.05) is 4.68 Å². The summed E-state index contributed by atoms with van der Waals surface area (Å²) in [5, 5.41) is 10.3. The second-order valence-electron chi connectivity index (χ2n) is 7.41. The summed E-state index contributed by atoms with van der Waals surface area (Å²) in [6.45, 7) is 0.737. The highest BCUT2D eigenvalue weighted by Crippen LogP contribution is 2.38. The number of aromatic nitrogens is 3. The van der Waals surface area contributed by atoms with E-state index in [1.54, 1.807) is 6.33 Å². The fourth-order valence-electron chi connectivity index (χ4n) is 3.93. The SMILES string of the molecule is O=C(Nc1ncn(C2CCCCC2)n1)N[C@H]1CCO[C@H](C2CC2)C1. The van der Waals surface area contributed by atoms with Crippen molar-refractivity contribution in [2.45, 2.75) is 76.0 Å². The number of ether oxygens (including phenoxy) is 1. The smallest absolute Gasteiger partial charge is 0.321 e. The zero-order chi connectivity index (χ0) is 16.4. The van der Waals surface area contributed by atoms with Gasteiger partial charge in [-0.05, 0) is 44.4 Å². The van der Waals surface area contributed by atoms with Gasteiger partial charge in [0.2, 0.25) is 5.95 Å². The van der Waals surface area contributed by atoms with E-state index in [0.29, 0.717) is 24.0 Å². The molecule has 3 aliphatic rings. The van der Waals surface area contributed by atoms with Crippen LogP contribution in [0, 0.1) is 5.92 Å². The number of amides is 2. The Morgan fingerprint density at radius 1 is 1.17 bits per heavy atom. The van der Waals surface area contributed by atoms with Crippen LogP contribution in [0.4, 0.5) is 10.7 Å². The summed E-state index contributed by atoms with van der Waals surface area (Å²) in [4.78, 5) is 16.4. The molecule has 132 valence electrons. The van der Waals surface area contributed by atoms with Crippen molar-refractivity contribution in [2.75, 3.05) is 11.9 Å². The summed E-state index contributed by atoms with van der Waals surface area (Å²) in [6.07, 6.45) is 12.5. The van der Waals surface area contributed by atoms with Gasteiger partial charge in [-0.2, -0.15) is 0 Å². The van der Waals surface area contributed by atoms with Gasteiger partial charge in [0.25, 0.3) is 0 Å². The molecule has 1 saturated heterocycles. The first-order chi connectivity index (χ1) is 11.8. The van der Waals surface area contributed by atoms with Crippen LogP contribution in [0.2, 0.25) is 0 Å². The van der Waals surface area contributed by atoms with Gasteiger partial charge in [-0.3, -0.25) is 5.32 Å². The molecule has 0 aromatic carbocycles. The minimum Gasteiger partial charge on any atom is -0.378 e. The molecule has 2 atom stereocenters. The molecule has 3 fully saturated rings. The lowest BCUT2D eigenvalue weighted by molar-refractivity contribution is -0.00890. The van der Waals surface area contributed by atoms with E-state index in [9.17, 15) is 4.79 Å². The van der Waals surface area contributed by atoms with Crippen molar-refractivity contribution in [1.82, 2.24) is 20.1 Å². The lowest BCUT2D eigenvalue weighted by Gasteiger charge is -2.30. The van der Waals surface area contributed by atoms with Gasteiger partial charge in [-0.15, -0.1) is 5.10 Å². The maximum Gasteiger partial charge on any atom is 0.321 e. The Morgan fingerprint density at radius 2 is 2.00 bits per heavy atom. The van der Waals surface area contributed by atoms with Crippen molar-refractivity contribution in [1.29, 1.82) is 0 Å². The molecule has 2 N–H and O–H groups in total. The van der Waals surface area contributed by atoms with Gasteiger partial charge in [0, 0.05) is 12.6 Å². The summed E-state index contributed by atoms with van der Waals surface area (Å²) >= 11 is 0. The molecule has 1 aromatic heterocycles. The van der Waals surface area contributed by atoms with E-state index in [-0.39, 0.29) is 12.1 Å². The fourth-order valence-corrected chi connectivity index (χ4v) is 3.93. The average molecular weight is 333 g/mol. The Bertz CT molecular complexity index is 565. The predicted molar refractivity (Wildman–Crippen MR) is 89.8 cm³/mol. The molecule has 2 heterocycles. The first kappa shape index (κ1) is 15.9. The van der Waals surface area contributed by atoms with Crippen molar-refractivity contribution in [3.8, 4) is 0 Å². The van der Waals surface area contributed by atoms with Crippen LogP contribution in [-0.2, 0) is 4.74 Å². The minimum absolute atomic E-state index is 0.185. The molecule has 0 bridgehead atoms. The summed E-state index contributed by atoms with van der Waals surface area (Å²) in [7, 11) is 0. The van der Waals surface area contributed by atoms with Crippen molar-refractivity contribution < 1.29 is 9.53 Å². The van der Waals surface area contributed by atoms with E-state index in [1.165, 1.54) is 32.1 Å². The highest BCUT2D eigenvalue weighted by Gasteiger charge is 2.36. The number of nitrogens with zero attached hydrogens (tertiary/aromatic N) is 3. The molecule has 1 aliphatic heterocycles. The first-order valence-electron chi connectivity index (χ1n) is 9.38. The highest BCUT2D eigenvalue weighted by molar-refractivity contribution is 5.87. The summed E-state index contributed by atoms with van der Waals surface area (Å²) < 4.78 is 7.71. The van der Waals surface area contributed by atoms with Crippen molar-refractivity contribution in [3.05, 3.63) is 6.33 Å². The second-order valence-corrected chi connectivity index (χ2v) is 7.41. The van der Waals surface area contributed by atoms with Crippen LogP contribution < -0.4 is 10.6 Å². The maximum atomic E-state index is 12.2. The number of hydrogen-bond acceptors (Lipinski definition) is 4. The monoisotopic (exact) mass is 333 g/mol. The molecule has 0 unspecified atom stereocenters. The molecule has 2 saturated carbocycles. The normalized spacial score (nSPS) is 28.5. The molecule has 2 aliphatic carbocycles. The summed E-state index contributed by atoms with van der Waals surface area (Å²) in [6, 6.07) is 0.405. The van der Waals surface area contributed by atoms with Crippen molar-refractivity contribution in [2.24, 2.45) is 5.92 Å². The standard InChI is InChI=1S/C17H27N5O2/c23-17(19-13-8-9-24-15(10-13)12-6-7-12)20-16-18-11-22(21-16)14-4-2-1-3-5-14/h11-15H,1-10H2,(H2,19,20,21,23)/t13-,15-/m0/s1. The Morgan fingerprint density at radius 3 is 2.79 bits per heavy atom. The van der Waals surface area contributed by atoms with Crippen LogP contribution in [0.1, 0.15) is 63.8 Å². The lowest BCUT2D eigenvalue weighted by Crippen LogP contribution is -2.44. The van der Waals surface area contributed by atoms with Crippen LogP contribution in [0.5, 0.6) is 0 Å². The first-order valence-corrected chi connectivity index (χ1v) is 9.38. The third-order valence-corrected chi connectivity index (χ3v) is 5.48. The van der Waals surface area contributed by atoms with Crippen LogP contribution in [0.25, 0.3) is 0 Å². The Kier molecular flexibility index (Phi) is 4.69. The Labute approximate surface area is 142 Å². The van der Waals surface area contributed by atoms with E-state index in [4.69, 9.17) is 4.74 Å². The van der Waals surface area contributed by atoms with Gasteiger partial charge in [-0.25, -0.2) is 14.5 Å². The third-order valence-electron chi connectivity index (χ3n) is 5.48. The minimum atomic E-state index is -0.210. The number of anilines is 1. The Hall–Kier alpha value is -1.63. The topological polar surface area (TPSA) is 81.1 Å². The molecule has 0 spiro atoms. The number of carbonyl (C=O) groups is 1. The fraction of sp³-hybridized carbons (Fsp3) is 0.824. The van der Waals surface area contributed by atoms with Crippen LogP contribution >= 0.6 is 0 Å². The van der Waals surface area contributed by atoms with Crippen molar-refractivity contribution >= 4 is 12.0 Å². The quantitative estimate of drug-likeness (QED) is 0.888. The van der Waals surface area contributed by atoms with Gasteiger partial charge in [0.05, 0.1) is 12.1 Å². The van der Waals surface area contributed by atoms with E-state index >= 15 is 0 Å². The Balaban J connectivity index is 1.27. The van der Waals surface area contributed by atoms with Gasteiger partial charge in [-0.1, -0.05) is 19.3 Å². The summed E-state index contributed by atoms with van der Waals surface area (Å²) in [5.41, 5.74) is 0. The molecular weight excluding hydrogens is 306 g/mol. The van der Waals surface area contributed by atoms with Gasteiger partial charge in [0.15, 0.2) is 0 Å².